The van der Waals surface area contributed by atoms with Gasteiger partial charge in [0.2, 0.25) is 5.91 Å². The lowest BCUT2D eigenvalue weighted by atomic mass is 9.54. The molecule has 2 aromatic carbocycles. The third-order valence-electron chi connectivity index (χ3n) is 8.56. The predicted octanol–water partition coefficient (Wildman–Crippen LogP) is 7.78. The first-order valence-electron chi connectivity index (χ1n) is 12.9. The molecule has 202 valence electrons. The topological polar surface area (TPSA) is 46.9 Å². The number of nitrogens with one attached hydrogen (secondary N) is 1. The predicted molar refractivity (Wildman–Crippen MR) is 142 cm³/mol. The van der Waals surface area contributed by atoms with E-state index >= 15 is 0 Å². The number of alkyl halides is 3. The van der Waals surface area contributed by atoms with Gasteiger partial charge in [-0.3, -0.25) is 4.79 Å². The molecule has 0 saturated heterocycles. The number of carbonyl (C=O) groups is 1. The third kappa shape index (κ3) is 4.48. The number of carbonyl (C=O) groups excluding carboxylic acids is 1. The third-order valence-corrected chi connectivity index (χ3v) is 8.79. The molecule has 3 aliphatic rings. The van der Waals surface area contributed by atoms with Crippen LogP contribution in [0.15, 0.2) is 72.0 Å². The van der Waals surface area contributed by atoms with Crippen molar-refractivity contribution in [1.29, 1.82) is 0 Å². The lowest BCUT2D eigenvalue weighted by Gasteiger charge is -2.50. The van der Waals surface area contributed by atoms with E-state index in [1.807, 2.05) is 0 Å². The Balaban J connectivity index is 1.35. The second-order valence-corrected chi connectivity index (χ2v) is 11.3. The molecule has 0 unspecified atom stereocenters. The normalized spacial score (nSPS) is 26.1. The molecule has 1 N–H and O–H groups in total. The van der Waals surface area contributed by atoms with Gasteiger partial charge in [0.1, 0.15) is 5.82 Å². The molecule has 1 amide bonds. The Morgan fingerprint density at radius 1 is 1.18 bits per heavy atom. The molecule has 0 bridgehead atoms. The average molecular weight is 556 g/mol. The molecule has 3 aliphatic carbocycles. The average Bonchev–Trinajstić information content (AvgIpc) is 3.28. The molecule has 4 atom stereocenters. The van der Waals surface area contributed by atoms with Crippen molar-refractivity contribution < 1.29 is 22.4 Å². The van der Waals surface area contributed by atoms with E-state index in [-0.39, 0.29) is 12.2 Å². The molecule has 39 heavy (non-hydrogen) atoms. The number of anilines is 1. The summed E-state index contributed by atoms with van der Waals surface area (Å²) in [5, 5.41) is 7.64. The van der Waals surface area contributed by atoms with Crippen LogP contribution >= 0.6 is 11.6 Å². The number of hydrogen-bond donors (Lipinski definition) is 1. The maximum Gasteiger partial charge on any atom is 0.392 e. The van der Waals surface area contributed by atoms with Gasteiger partial charge in [0.05, 0.1) is 29.4 Å². The zero-order chi connectivity index (χ0) is 27.5. The Kier molecular flexibility index (Phi) is 6.21. The minimum Gasteiger partial charge on any atom is -0.326 e. The highest BCUT2D eigenvalue weighted by Gasteiger charge is 2.56. The van der Waals surface area contributed by atoms with E-state index in [9.17, 15) is 22.4 Å². The molecule has 6 rings (SSSR count). The largest absolute Gasteiger partial charge is 0.392 e. The van der Waals surface area contributed by atoms with Gasteiger partial charge in [0.25, 0.3) is 0 Å². The minimum absolute atomic E-state index is 0.243. The van der Waals surface area contributed by atoms with Crippen LogP contribution in [0.25, 0.3) is 11.8 Å². The number of benzene rings is 2. The van der Waals surface area contributed by atoms with Gasteiger partial charge in [0.15, 0.2) is 0 Å². The molecular formula is C30H26ClF4N3O. The Labute approximate surface area is 228 Å². The van der Waals surface area contributed by atoms with Crippen LogP contribution in [0.1, 0.15) is 37.4 Å². The van der Waals surface area contributed by atoms with Crippen molar-refractivity contribution in [3.63, 3.8) is 0 Å². The lowest BCUT2D eigenvalue weighted by molar-refractivity contribution is -0.196. The summed E-state index contributed by atoms with van der Waals surface area (Å²) in [7, 11) is 0. The van der Waals surface area contributed by atoms with E-state index in [0.717, 1.165) is 28.1 Å². The zero-order valence-electron chi connectivity index (χ0n) is 21.1. The molecule has 1 heterocycles. The fraction of sp³-hybridized carbons (Fsp3) is 0.333. The summed E-state index contributed by atoms with van der Waals surface area (Å²) in [6.45, 7) is 2.06. The number of rotatable bonds is 3. The number of hydrogen-bond acceptors (Lipinski definition) is 2. The van der Waals surface area contributed by atoms with Crippen molar-refractivity contribution in [1.82, 2.24) is 9.78 Å². The lowest BCUT2D eigenvalue weighted by Crippen LogP contribution is -2.49. The quantitative estimate of drug-likeness (QED) is 0.265. The van der Waals surface area contributed by atoms with Crippen LogP contribution in [0, 0.1) is 29.0 Å². The van der Waals surface area contributed by atoms with Crippen molar-refractivity contribution in [3.8, 4) is 5.69 Å². The van der Waals surface area contributed by atoms with Crippen molar-refractivity contribution in [3.05, 3.63) is 94.0 Å². The SMILES string of the molecule is C[C@]12Cc3cnn(-c4ccc(F)cc4)c3C=C1CC[C@H]1C2=CC[C@@H](C(F)(F)F)[C@@H]1C(=O)Nc1cccc(Cl)c1. The molecule has 1 fully saturated rings. The van der Waals surface area contributed by atoms with Crippen LogP contribution < -0.4 is 5.32 Å². The summed E-state index contributed by atoms with van der Waals surface area (Å²) in [6.07, 6.45) is 2.39. The van der Waals surface area contributed by atoms with Crippen molar-refractivity contribution in [2.75, 3.05) is 5.32 Å². The summed E-state index contributed by atoms with van der Waals surface area (Å²) in [4.78, 5) is 13.5. The first kappa shape index (κ1) is 25.9. The Morgan fingerprint density at radius 2 is 1.95 bits per heavy atom. The molecule has 0 radical (unpaired) electrons. The van der Waals surface area contributed by atoms with Gasteiger partial charge >= 0.3 is 6.18 Å². The molecule has 0 aliphatic heterocycles. The highest BCUT2D eigenvalue weighted by atomic mass is 35.5. The number of allylic oxidation sites excluding steroid dienone is 3. The second-order valence-electron chi connectivity index (χ2n) is 10.8. The summed E-state index contributed by atoms with van der Waals surface area (Å²) in [5.74, 6) is -4.52. The van der Waals surface area contributed by atoms with Crippen LogP contribution in [0.3, 0.4) is 0 Å². The van der Waals surface area contributed by atoms with Crippen molar-refractivity contribution in [2.24, 2.45) is 23.2 Å². The van der Waals surface area contributed by atoms with Gasteiger partial charge in [-0.2, -0.15) is 18.3 Å². The van der Waals surface area contributed by atoms with Gasteiger partial charge in [-0.25, -0.2) is 9.07 Å². The van der Waals surface area contributed by atoms with E-state index in [1.54, 1.807) is 47.3 Å². The number of amides is 1. The molecule has 1 aromatic heterocycles. The molecular weight excluding hydrogens is 530 g/mol. The molecule has 4 nitrogen and oxygen atoms in total. The van der Waals surface area contributed by atoms with Gasteiger partial charge in [-0.05, 0) is 85.7 Å². The van der Waals surface area contributed by atoms with Crippen LogP contribution in [0.4, 0.5) is 23.2 Å². The van der Waals surface area contributed by atoms with E-state index in [1.165, 1.54) is 18.2 Å². The van der Waals surface area contributed by atoms with Gasteiger partial charge in [-0.15, -0.1) is 0 Å². The number of fused-ring (bicyclic) bond motifs is 4. The highest BCUT2D eigenvalue weighted by molar-refractivity contribution is 6.30. The second kappa shape index (κ2) is 9.37. The maximum absolute atomic E-state index is 14.3. The Morgan fingerprint density at radius 3 is 2.67 bits per heavy atom. The maximum atomic E-state index is 14.3. The Hall–Kier alpha value is -3.39. The number of nitrogens with zero attached hydrogens (tertiary/aromatic N) is 2. The van der Waals surface area contributed by atoms with E-state index in [0.29, 0.717) is 30.0 Å². The molecule has 3 aromatic rings. The fourth-order valence-electron chi connectivity index (χ4n) is 6.72. The standard InChI is InChI=1S/C30H26ClF4N3O/c1-29-15-17-16-36-38(22-8-6-20(32)7-9-22)26(17)13-18(29)5-10-23-24(29)11-12-25(30(33,34)35)27(23)28(39)37-21-4-2-3-19(31)14-21/h2-4,6-9,11,13-14,16,23,25,27H,5,10,12,15H2,1H3,(H,37,39)/t23-,25+,27+,29-/m0/s1. The van der Waals surface area contributed by atoms with Crippen molar-refractivity contribution in [2.45, 2.75) is 38.8 Å². The summed E-state index contributed by atoms with van der Waals surface area (Å²) in [6, 6.07) is 12.5. The number of aromatic nitrogens is 2. The Bertz CT molecular complexity index is 1510. The zero-order valence-corrected chi connectivity index (χ0v) is 21.9. The van der Waals surface area contributed by atoms with Crippen LogP contribution in [0.2, 0.25) is 5.02 Å². The first-order valence-corrected chi connectivity index (χ1v) is 13.3. The van der Waals surface area contributed by atoms with Gasteiger partial charge < -0.3 is 5.32 Å². The summed E-state index contributed by atoms with van der Waals surface area (Å²) in [5.41, 5.74) is 4.46. The van der Waals surface area contributed by atoms with Crippen molar-refractivity contribution >= 4 is 29.3 Å². The molecule has 0 spiro atoms. The highest BCUT2D eigenvalue weighted by Crippen LogP contribution is 2.59. The van der Waals surface area contributed by atoms with Gasteiger partial charge in [-0.1, -0.05) is 41.8 Å². The van der Waals surface area contributed by atoms with Gasteiger partial charge in [0, 0.05) is 16.1 Å². The molecule has 9 heteroatoms. The van der Waals surface area contributed by atoms with Crippen LogP contribution in [-0.4, -0.2) is 21.9 Å². The monoisotopic (exact) mass is 555 g/mol. The fourth-order valence-corrected chi connectivity index (χ4v) is 6.92. The van der Waals surface area contributed by atoms with E-state index in [4.69, 9.17) is 11.6 Å². The van der Waals surface area contributed by atoms with Crippen LogP contribution in [0.5, 0.6) is 0 Å². The molecule has 1 saturated carbocycles. The van der Waals surface area contributed by atoms with E-state index < -0.39 is 35.3 Å². The van der Waals surface area contributed by atoms with Crippen LogP contribution in [-0.2, 0) is 11.2 Å². The number of halogens is 5. The smallest absolute Gasteiger partial charge is 0.326 e. The first-order chi connectivity index (χ1) is 18.5. The summed E-state index contributed by atoms with van der Waals surface area (Å²) < 4.78 is 58.0. The van der Waals surface area contributed by atoms with E-state index in [2.05, 4.69) is 23.4 Å². The summed E-state index contributed by atoms with van der Waals surface area (Å²) >= 11 is 6.04. The minimum atomic E-state index is -4.51.